The van der Waals surface area contributed by atoms with Gasteiger partial charge in [-0.2, -0.15) is 0 Å². The number of nitrogens with zero attached hydrogens (tertiary/aromatic N) is 2. The summed E-state index contributed by atoms with van der Waals surface area (Å²) in [5.41, 5.74) is 4.50. The number of fused-ring (bicyclic) bond motifs is 2. The average Bonchev–Trinajstić information content (AvgIpc) is 2.96. The lowest BCUT2D eigenvalue weighted by molar-refractivity contribution is 0.0341. The molecular weight excluding hydrogens is 344 g/mol. The van der Waals surface area contributed by atoms with Crippen molar-refractivity contribution in [2.75, 3.05) is 23.9 Å². The summed E-state index contributed by atoms with van der Waals surface area (Å²) in [7, 11) is 4.08. The maximum absolute atomic E-state index is 11.6. The molecule has 3 nitrogen and oxygen atoms in total. The van der Waals surface area contributed by atoms with Crippen molar-refractivity contribution >= 4 is 11.4 Å². The zero-order valence-electron chi connectivity index (χ0n) is 17.7. The van der Waals surface area contributed by atoms with E-state index in [-0.39, 0.29) is 5.41 Å². The van der Waals surface area contributed by atoms with Gasteiger partial charge >= 0.3 is 0 Å². The van der Waals surface area contributed by atoms with Crippen molar-refractivity contribution in [2.45, 2.75) is 44.2 Å². The van der Waals surface area contributed by atoms with Crippen molar-refractivity contribution in [3.8, 4) is 0 Å². The van der Waals surface area contributed by atoms with Gasteiger partial charge in [0.1, 0.15) is 0 Å². The number of likely N-dealkylation sites (N-methyl/N-ethyl adjacent to an activating group) is 2. The number of benzene rings is 2. The van der Waals surface area contributed by atoms with Gasteiger partial charge in [0, 0.05) is 42.0 Å². The molecular formula is C25H30N2O. The van der Waals surface area contributed by atoms with Gasteiger partial charge in [-0.05, 0) is 35.4 Å². The molecule has 146 valence electrons. The fraction of sp³-hybridized carbons (Fsp3) is 0.360. The standard InChI is InChI=1S/C25H30N2O/c1-23(2)18-12-7-9-14-20(18)26(5)22(23)16-11-17-25(28)24(3,4)19-13-8-10-15-21(19)27(25)6/h7-17,28H,1-6H3/b17-11+,22-16-. The molecule has 2 heterocycles. The summed E-state index contributed by atoms with van der Waals surface area (Å²) in [6.45, 7) is 8.72. The van der Waals surface area contributed by atoms with Gasteiger partial charge < -0.3 is 14.9 Å². The number of aliphatic hydroxyl groups is 1. The first-order valence-electron chi connectivity index (χ1n) is 9.91. The quantitative estimate of drug-likeness (QED) is 0.804. The van der Waals surface area contributed by atoms with Crippen LogP contribution in [0.25, 0.3) is 0 Å². The molecule has 1 atom stereocenters. The van der Waals surface area contributed by atoms with Crippen molar-refractivity contribution < 1.29 is 5.11 Å². The highest BCUT2D eigenvalue weighted by atomic mass is 16.3. The van der Waals surface area contributed by atoms with Crippen LogP contribution in [0, 0.1) is 0 Å². The highest BCUT2D eigenvalue weighted by molar-refractivity contribution is 5.70. The molecule has 0 saturated carbocycles. The van der Waals surface area contributed by atoms with Gasteiger partial charge in [-0.1, -0.05) is 70.2 Å². The molecule has 0 amide bonds. The maximum Gasteiger partial charge on any atom is 0.166 e. The lowest BCUT2D eigenvalue weighted by Crippen LogP contribution is -2.52. The molecule has 0 aliphatic carbocycles. The van der Waals surface area contributed by atoms with Crippen LogP contribution in [0.2, 0.25) is 0 Å². The monoisotopic (exact) mass is 374 g/mol. The van der Waals surface area contributed by atoms with Gasteiger partial charge in [0.15, 0.2) is 5.72 Å². The SMILES string of the molecule is CN1/C(=C\C=C\C2(O)N(C)c3ccccc3C2(C)C)C(C)(C)c2ccccc21. The summed E-state index contributed by atoms with van der Waals surface area (Å²) >= 11 is 0. The molecule has 2 aromatic carbocycles. The number of hydrogen-bond acceptors (Lipinski definition) is 3. The Hall–Kier alpha value is -2.52. The largest absolute Gasteiger partial charge is 0.366 e. The van der Waals surface area contributed by atoms with Gasteiger partial charge in [0.2, 0.25) is 0 Å². The molecule has 0 bridgehead atoms. The van der Waals surface area contributed by atoms with Crippen molar-refractivity contribution in [1.29, 1.82) is 0 Å². The minimum Gasteiger partial charge on any atom is -0.366 e. The highest BCUT2D eigenvalue weighted by Crippen LogP contribution is 2.50. The smallest absolute Gasteiger partial charge is 0.166 e. The number of hydrogen-bond donors (Lipinski definition) is 1. The lowest BCUT2D eigenvalue weighted by atomic mass is 9.77. The van der Waals surface area contributed by atoms with Crippen LogP contribution in [0.3, 0.4) is 0 Å². The lowest BCUT2D eigenvalue weighted by Gasteiger charge is -2.39. The second-order valence-corrected chi connectivity index (χ2v) is 9.04. The molecule has 0 saturated heterocycles. The van der Waals surface area contributed by atoms with Crippen LogP contribution in [0.4, 0.5) is 11.4 Å². The zero-order chi connectivity index (χ0) is 20.3. The van der Waals surface area contributed by atoms with E-state index in [0.29, 0.717) is 0 Å². The van der Waals surface area contributed by atoms with Gasteiger partial charge in [0.05, 0.1) is 0 Å². The van der Waals surface area contributed by atoms with E-state index in [9.17, 15) is 5.11 Å². The van der Waals surface area contributed by atoms with E-state index in [1.54, 1.807) is 0 Å². The van der Waals surface area contributed by atoms with Crippen LogP contribution in [-0.4, -0.2) is 24.9 Å². The summed E-state index contributed by atoms with van der Waals surface area (Å²) < 4.78 is 0. The molecule has 2 aliphatic rings. The average molecular weight is 375 g/mol. The molecule has 1 N–H and O–H groups in total. The van der Waals surface area contributed by atoms with Crippen molar-refractivity contribution in [1.82, 2.24) is 0 Å². The Balaban J connectivity index is 1.71. The van der Waals surface area contributed by atoms with E-state index in [2.05, 4.69) is 82.1 Å². The Morgan fingerprint density at radius 2 is 1.39 bits per heavy atom. The molecule has 0 spiro atoms. The molecule has 3 heteroatoms. The third kappa shape index (κ3) is 2.32. The highest BCUT2D eigenvalue weighted by Gasteiger charge is 2.53. The summed E-state index contributed by atoms with van der Waals surface area (Å²) in [5, 5.41) is 11.6. The Morgan fingerprint density at radius 3 is 2.00 bits per heavy atom. The first-order valence-corrected chi connectivity index (χ1v) is 9.91. The topological polar surface area (TPSA) is 26.7 Å². The first kappa shape index (κ1) is 18.8. The summed E-state index contributed by atoms with van der Waals surface area (Å²) in [6.07, 6.45) is 6.10. The molecule has 2 aliphatic heterocycles. The van der Waals surface area contributed by atoms with E-state index >= 15 is 0 Å². The number of rotatable bonds is 2. The van der Waals surface area contributed by atoms with Gasteiger partial charge in [-0.25, -0.2) is 0 Å². The molecule has 2 aromatic rings. The van der Waals surface area contributed by atoms with Gasteiger partial charge in [0.25, 0.3) is 0 Å². The number of allylic oxidation sites excluding steroid dienone is 3. The van der Waals surface area contributed by atoms with Crippen LogP contribution in [0.1, 0.15) is 38.8 Å². The number of anilines is 2. The van der Waals surface area contributed by atoms with E-state index in [1.807, 2.05) is 36.2 Å². The second kappa shape index (κ2) is 5.99. The van der Waals surface area contributed by atoms with E-state index in [0.717, 1.165) is 5.69 Å². The van der Waals surface area contributed by atoms with Crippen LogP contribution in [-0.2, 0) is 10.8 Å². The van der Waals surface area contributed by atoms with Crippen molar-refractivity contribution in [3.63, 3.8) is 0 Å². The van der Waals surface area contributed by atoms with Crippen LogP contribution < -0.4 is 9.80 Å². The Morgan fingerprint density at radius 1 is 0.821 bits per heavy atom. The fourth-order valence-corrected chi connectivity index (χ4v) is 4.99. The second-order valence-electron chi connectivity index (χ2n) is 9.04. The maximum atomic E-state index is 11.6. The predicted molar refractivity (Wildman–Crippen MR) is 118 cm³/mol. The molecule has 0 fully saturated rings. The predicted octanol–water partition coefficient (Wildman–Crippen LogP) is 4.97. The van der Waals surface area contributed by atoms with Crippen LogP contribution >= 0.6 is 0 Å². The minimum absolute atomic E-state index is 0.0711. The Labute approximate surface area is 168 Å². The third-order valence-corrected chi connectivity index (χ3v) is 6.89. The molecule has 28 heavy (non-hydrogen) atoms. The fourth-order valence-electron chi connectivity index (χ4n) is 4.99. The molecule has 4 rings (SSSR count). The normalized spacial score (nSPS) is 26.2. The summed E-state index contributed by atoms with van der Waals surface area (Å²) in [5.74, 6) is 0. The molecule has 1 unspecified atom stereocenters. The number of para-hydroxylation sites is 2. The van der Waals surface area contributed by atoms with Crippen LogP contribution in [0.5, 0.6) is 0 Å². The van der Waals surface area contributed by atoms with Gasteiger partial charge in [-0.15, -0.1) is 0 Å². The van der Waals surface area contributed by atoms with E-state index in [1.165, 1.54) is 22.5 Å². The third-order valence-electron chi connectivity index (χ3n) is 6.89. The van der Waals surface area contributed by atoms with Crippen molar-refractivity contribution in [3.05, 3.63) is 83.6 Å². The van der Waals surface area contributed by atoms with E-state index < -0.39 is 11.1 Å². The summed E-state index contributed by atoms with van der Waals surface area (Å²) in [4.78, 5) is 4.23. The summed E-state index contributed by atoms with van der Waals surface area (Å²) in [6, 6.07) is 16.8. The Bertz CT molecular complexity index is 986. The zero-order valence-corrected chi connectivity index (χ0v) is 17.7. The minimum atomic E-state index is -1.08. The molecule has 0 radical (unpaired) electrons. The van der Waals surface area contributed by atoms with Crippen molar-refractivity contribution in [2.24, 2.45) is 0 Å². The van der Waals surface area contributed by atoms with E-state index in [4.69, 9.17) is 0 Å². The Kier molecular flexibility index (Phi) is 4.03. The van der Waals surface area contributed by atoms with Crippen LogP contribution in [0.15, 0.2) is 72.5 Å². The van der Waals surface area contributed by atoms with Gasteiger partial charge in [-0.3, -0.25) is 0 Å². The first-order chi connectivity index (χ1) is 13.1. The molecule has 0 aromatic heterocycles.